The summed E-state index contributed by atoms with van der Waals surface area (Å²) < 4.78 is 38.9. The zero-order valence-corrected chi connectivity index (χ0v) is 16.9. The second-order valence-corrected chi connectivity index (χ2v) is 7.06. The monoisotopic (exact) mass is 447 g/mol. The van der Waals surface area contributed by atoms with Gasteiger partial charge >= 0.3 is 6.18 Å². The van der Waals surface area contributed by atoms with Crippen molar-refractivity contribution in [1.29, 1.82) is 0 Å². The number of nitrogens with one attached hydrogen (secondary N) is 2. The normalized spacial score (nSPS) is 13.2. The van der Waals surface area contributed by atoms with E-state index in [1.54, 1.807) is 24.3 Å². The van der Waals surface area contributed by atoms with Crippen LogP contribution in [0.25, 0.3) is 0 Å². The molecule has 1 aliphatic rings. The number of alkyl halides is 3. The van der Waals surface area contributed by atoms with Gasteiger partial charge in [0.2, 0.25) is 5.91 Å². The standard InChI is InChI=1S/C22H20F3N3O4/c23-22(24,25)17-9-4-3-8-16(17)19(30)27-12-11-26-18(29)10-5-13-28-20(31)14-6-1-2-7-15(14)21(28)32/h1-4,6-9H,5,10-13H2,(H,26,29)(H,27,30). The van der Waals surface area contributed by atoms with Gasteiger partial charge in [-0.2, -0.15) is 13.2 Å². The molecule has 0 spiro atoms. The summed E-state index contributed by atoms with van der Waals surface area (Å²) in [5.41, 5.74) is -0.850. The zero-order chi connectivity index (χ0) is 23.3. The lowest BCUT2D eigenvalue weighted by Gasteiger charge is -2.14. The van der Waals surface area contributed by atoms with E-state index in [-0.39, 0.29) is 38.4 Å². The fourth-order valence-corrected chi connectivity index (χ4v) is 3.33. The average Bonchev–Trinajstić information content (AvgIpc) is 3.01. The molecule has 0 fully saturated rings. The minimum atomic E-state index is -4.65. The van der Waals surface area contributed by atoms with Gasteiger partial charge in [-0.25, -0.2) is 0 Å². The van der Waals surface area contributed by atoms with E-state index in [1.807, 2.05) is 0 Å². The Bertz CT molecular complexity index is 1020. The number of nitrogens with zero attached hydrogens (tertiary/aromatic N) is 1. The van der Waals surface area contributed by atoms with Gasteiger partial charge in [-0.05, 0) is 30.7 Å². The predicted octanol–water partition coefficient (Wildman–Crippen LogP) is 2.63. The van der Waals surface area contributed by atoms with E-state index in [2.05, 4.69) is 10.6 Å². The van der Waals surface area contributed by atoms with Crippen LogP contribution in [0.15, 0.2) is 48.5 Å². The van der Waals surface area contributed by atoms with Crippen LogP contribution in [-0.2, 0) is 11.0 Å². The van der Waals surface area contributed by atoms with Crippen LogP contribution < -0.4 is 10.6 Å². The number of carbonyl (C=O) groups is 4. The molecule has 0 aromatic heterocycles. The third-order valence-electron chi connectivity index (χ3n) is 4.87. The number of halogens is 3. The Kier molecular flexibility index (Phi) is 6.92. The molecule has 1 aliphatic heterocycles. The molecule has 0 aliphatic carbocycles. The summed E-state index contributed by atoms with van der Waals surface area (Å²) in [5.74, 6) is -2.05. The minimum absolute atomic E-state index is 0.0196. The fraction of sp³-hybridized carbons (Fsp3) is 0.273. The van der Waals surface area contributed by atoms with E-state index in [4.69, 9.17) is 0 Å². The Morgan fingerprint density at radius 1 is 0.844 bits per heavy atom. The van der Waals surface area contributed by atoms with Gasteiger partial charge in [-0.1, -0.05) is 24.3 Å². The quantitative estimate of drug-likeness (QED) is 0.481. The van der Waals surface area contributed by atoms with Crippen molar-refractivity contribution in [1.82, 2.24) is 15.5 Å². The molecule has 168 valence electrons. The Morgan fingerprint density at radius 2 is 1.41 bits per heavy atom. The van der Waals surface area contributed by atoms with Crippen LogP contribution in [0.5, 0.6) is 0 Å². The molecule has 0 bridgehead atoms. The van der Waals surface area contributed by atoms with Gasteiger partial charge in [-0.15, -0.1) is 0 Å². The molecule has 2 aromatic carbocycles. The van der Waals surface area contributed by atoms with Gasteiger partial charge in [0, 0.05) is 26.1 Å². The van der Waals surface area contributed by atoms with Gasteiger partial charge in [0.25, 0.3) is 17.7 Å². The second kappa shape index (κ2) is 9.63. The highest BCUT2D eigenvalue weighted by molar-refractivity contribution is 6.21. The van der Waals surface area contributed by atoms with Crippen molar-refractivity contribution in [2.75, 3.05) is 19.6 Å². The summed E-state index contributed by atoms with van der Waals surface area (Å²) in [7, 11) is 0. The predicted molar refractivity (Wildman–Crippen MR) is 108 cm³/mol. The van der Waals surface area contributed by atoms with Gasteiger partial charge in [0.1, 0.15) is 0 Å². The molecule has 32 heavy (non-hydrogen) atoms. The van der Waals surface area contributed by atoms with Gasteiger partial charge in [0.15, 0.2) is 0 Å². The first-order chi connectivity index (χ1) is 15.2. The first kappa shape index (κ1) is 23.0. The highest BCUT2D eigenvalue weighted by Gasteiger charge is 2.35. The van der Waals surface area contributed by atoms with Gasteiger partial charge < -0.3 is 10.6 Å². The van der Waals surface area contributed by atoms with Crippen LogP contribution >= 0.6 is 0 Å². The SMILES string of the molecule is O=C(CCCN1C(=O)c2ccccc2C1=O)NCCNC(=O)c1ccccc1C(F)(F)F. The van der Waals surface area contributed by atoms with Crippen LogP contribution in [-0.4, -0.2) is 48.2 Å². The topological polar surface area (TPSA) is 95.6 Å². The first-order valence-electron chi connectivity index (χ1n) is 9.86. The molecule has 2 N–H and O–H groups in total. The van der Waals surface area contributed by atoms with Crippen molar-refractivity contribution in [2.45, 2.75) is 19.0 Å². The summed E-state index contributed by atoms with van der Waals surface area (Å²) in [6.07, 6.45) is -4.36. The lowest BCUT2D eigenvalue weighted by Crippen LogP contribution is -2.36. The summed E-state index contributed by atoms with van der Waals surface area (Å²) in [6, 6.07) is 10.9. The zero-order valence-electron chi connectivity index (χ0n) is 16.9. The molecule has 2 aromatic rings. The van der Waals surface area contributed by atoms with Crippen molar-refractivity contribution < 1.29 is 32.3 Å². The third-order valence-corrected chi connectivity index (χ3v) is 4.87. The largest absolute Gasteiger partial charge is 0.417 e. The summed E-state index contributed by atoms with van der Waals surface area (Å²) in [5, 5.41) is 4.87. The number of carbonyl (C=O) groups excluding carboxylic acids is 4. The van der Waals surface area contributed by atoms with Crippen LogP contribution in [0.2, 0.25) is 0 Å². The molecule has 0 radical (unpaired) electrons. The molecule has 1 heterocycles. The van der Waals surface area contributed by atoms with E-state index in [0.29, 0.717) is 11.1 Å². The van der Waals surface area contributed by atoms with E-state index in [9.17, 15) is 32.3 Å². The molecule has 10 heteroatoms. The highest BCUT2D eigenvalue weighted by Crippen LogP contribution is 2.31. The second-order valence-electron chi connectivity index (χ2n) is 7.06. The smallest absolute Gasteiger partial charge is 0.354 e. The number of benzene rings is 2. The maximum absolute atomic E-state index is 13.0. The number of fused-ring (bicyclic) bond motifs is 1. The molecule has 0 unspecified atom stereocenters. The summed E-state index contributed by atoms with van der Waals surface area (Å²) in [4.78, 5) is 49.6. The van der Waals surface area contributed by atoms with Crippen LogP contribution in [0, 0.1) is 0 Å². The molecule has 0 atom stereocenters. The summed E-state index contributed by atoms with van der Waals surface area (Å²) >= 11 is 0. The number of hydrogen-bond donors (Lipinski definition) is 2. The maximum Gasteiger partial charge on any atom is 0.417 e. The third kappa shape index (κ3) is 5.13. The number of rotatable bonds is 8. The van der Waals surface area contributed by atoms with Crippen molar-refractivity contribution in [3.8, 4) is 0 Å². The van der Waals surface area contributed by atoms with Crippen LogP contribution in [0.1, 0.15) is 49.5 Å². The van der Waals surface area contributed by atoms with E-state index in [1.165, 1.54) is 12.1 Å². The molecular formula is C22H20F3N3O4. The van der Waals surface area contributed by atoms with Crippen molar-refractivity contribution in [2.24, 2.45) is 0 Å². The first-order valence-corrected chi connectivity index (χ1v) is 9.86. The van der Waals surface area contributed by atoms with Crippen LogP contribution in [0.3, 0.4) is 0 Å². The lowest BCUT2D eigenvalue weighted by molar-refractivity contribution is -0.138. The number of hydrogen-bond acceptors (Lipinski definition) is 4. The molecule has 0 saturated heterocycles. The number of imide groups is 1. The maximum atomic E-state index is 13.0. The Labute approximate surface area is 181 Å². The van der Waals surface area contributed by atoms with Crippen molar-refractivity contribution >= 4 is 23.6 Å². The Hall–Kier alpha value is -3.69. The van der Waals surface area contributed by atoms with E-state index < -0.39 is 35.0 Å². The highest BCUT2D eigenvalue weighted by atomic mass is 19.4. The average molecular weight is 447 g/mol. The van der Waals surface area contributed by atoms with Crippen LogP contribution in [0.4, 0.5) is 13.2 Å². The summed E-state index contributed by atoms with van der Waals surface area (Å²) in [6.45, 7) is 0.0473. The molecule has 7 nitrogen and oxygen atoms in total. The van der Waals surface area contributed by atoms with Crippen molar-refractivity contribution in [3.63, 3.8) is 0 Å². The molecule has 3 rings (SSSR count). The van der Waals surface area contributed by atoms with Gasteiger partial charge in [-0.3, -0.25) is 24.1 Å². The van der Waals surface area contributed by atoms with Crippen molar-refractivity contribution in [3.05, 3.63) is 70.8 Å². The molecule has 4 amide bonds. The Morgan fingerprint density at radius 3 is 2.03 bits per heavy atom. The van der Waals surface area contributed by atoms with E-state index >= 15 is 0 Å². The van der Waals surface area contributed by atoms with Gasteiger partial charge in [0.05, 0.1) is 22.3 Å². The molecule has 0 saturated carbocycles. The fourth-order valence-electron chi connectivity index (χ4n) is 3.33. The minimum Gasteiger partial charge on any atom is -0.354 e. The Balaban J connectivity index is 1.38. The number of amides is 4. The lowest BCUT2D eigenvalue weighted by atomic mass is 10.1. The van der Waals surface area contributed by atoms with E-state index in [0.717, 1.165) is 17.0 Å². The molecular weight excluding hydrogens is 427 g/mol.